The normalized spacial score (nSPS) is 17.9. The number of rotatable bonds is 9. The molecule has 1 unspecified atom stereocenters. The van der Waals surface area contributed by atoms with Crippen LogP contribution in [0.1, 0.15) is 48.4 Å². The number of ether oxygens (including phenoxy) is 1. The van der Waals surface area contributed by atoms with Crippen LogP contribution in [0.2, 0.25) is 10.0 Å². The summed E-state index contributed by atoms with van der Waals surface area (Å²) in [5, 5.41) is 12.1. The van der Waals surface area contributed by atoms with Crippen molar-refractivity contribution in [1.29, 1.82) is 0 Å². The predicted molar refractivity (Wildman–Crippen MR) is 176 cm³/mol. The van der Waals surface area contributed by atoms with Gasteiger partial charge in [-0.3, -0.25) is 9.80 Å². The number of esters is 1. The molecule has 0 spiro atoms. The minimum atomic E-state index is -0.609. The van der Waals surface area contributed by atoms with Gasteiger partial charge in [-0.25, -0.2) is 4.79 Å². The second-order valence-electron chi connectivity index (χ2n) is 11.3. The van der Waals surface area contributed by atoms with Crippen molar-refractivity contribution in [2.75, 3.05) is 39.3 Å². The number of nitrogens with one attached hydrogen (secondary N) is 1. The number of carbonyl (C=O) groups excluding carboxylic acids is 1. The molecule has 1 N–H and O–H groups in total. The van der Waals surface area contributed by atoms with Gasteiger partial charge in [0.15, 0.2) is 0 Å². The number of benzene rings is 3. The molecule has 3 heterocycles. The molecule has 2 aliphatic rings. The van der Waals surface area contributed by atoms with Crippen LogP contribution in [0, 0.1) is 0 Å². The Bertz CT molecular complexity index is 1650. The number of dihydropyridines is 1. The van der Waals surface area contributed by atoms with Crippen molar-refractivity contribution in [2.24, 2.45) is 0 Å². The SMILES string of the molecule is CC1=C(C(=O)OCCN2CCN(C(c3ccccc3)c3ccccc3)CC2)C(c2cccc(Cl)c2Cl)C(c2nnco2)=C(C)N1. The molecule has 232 valence electrons. The fraction of sp³-hybridized carbons (Fsp3) is 0.286. The van der Waals surface area contributed by atoms with E-state index in [1.165, 1.54) is 17.5 Å². The maximum Gasteiger partial charge on any atom is 0.336 e. The summed E-state index contributed by atoms with van der Waals surface area (Å²) in [6.07, 6.45) is 1.26. The van der Waals surface area contributed by atoms with Gasteiger partial charge in [0.25, 0.3) is 0 Å². The predicted octanol–water partition coefficient (Wildman–Crippen LogP) is 6.72. The number of hydrogen-bond acceptors (Lipinski definition) is 8. The van der Waals surface area contributed by atoms with Gasteiger partial charge < -0.3 is 14.5 Å². The van der Waals surface area contributed by atoms with Crippen LogP contribution in [0.3, 0.4) is 0 Å². The lowest BCUT2D eigenvalue weighted by atomic mass is 9.80. The van der Waals surface area contributed by atoms with Crippen LogP contribution in [-0.4, -0.2) is 65.3 Å². The first-order valence-corrected chi connectivity index (χ1v) is 15.8. The Labute approximate surface area is 273 Å². The van der Waals surface area contributed by atoms with Gasteiger partial charge >= 0.3 is 5.97 Å². The summed E-state index contributed by atoms with van der Waals surface area (Å²) in [5.74, 6) is -0.750. The lowest BCUT2D eigenvalue weighted by molar-refractivity contribution is -0.139. The van der Waals surface area contributed by atoms with E-state index in [4.69, 9.17) is 32.4 Å². The van der Waals surface area contributed by atoms with Crippen molar-refractivity contribution in [3.05, 3.63) is 135 Å². The molecule has 0 saturated carbocycles. The van der Waals surface area contributed by atoms with Crippen molar-refractivity contribution in [3.8, 4) is 0 Å². The number of carbonyl (C=O) groups is 1. The molecule has 3 aromatic carbocycles. The maximum atomic E-state index is 13.8. The highest BCUT2D eigenvalue weighted by molar-refractivity contribution is 6.42. The summed E-state index contributed by atoms with van der Waals surface area (Å²) in [7, 11) is 0. The third-order valence-electron chi connectivity index (χ3n) is 8.51. The molecule has 6 rings (SSSR count). The molecule has 0 radical (unpaired) electrons. The Balaban J connectivity index is 1.13. The van der Waals surface area contributed by atoms with Gasteiger partial charge in [0, 0.05) is 49.7 Å². The molecule has 0 aliphatic carbocycles. The first-order valence-electron chi connectivity index (χ1n) is 15.0. The van der Waals surface area contributed by atoms with Gasteiger partial charge in [0.2, 0.25) is 12.3 Å². The van der Waals surface area contributed by atoms with E-state index in [-0.39, 0.29) is 12.6 Å². The lowest BCUT2D eigenvalue weighted by Crippen LogP contribution is -2.48. The summed E-state index contributed by atoms with van der Waals surface area (Å²) in [4.78, 5) is 18.7. The van der Waals surface area contributed by atoms with Crippen molar-refractivity contribution < 1.29 is 13.9 Å². The molecular weight excluding hydrogens is 609 g/mol. The van der Waals surface area contributed by atoms with Crippen LogP contribution in [0.25, 0.3) is 5.57 Å². The third kappa shape index (κ3) is 6.70. The number of halogens is 2. The fourth-order valence-electron chi connectivity index (χ4n) is 6.37. The Hall–Kier alpha value is -3.95. The Kier molecular flexibility index (Phi) is 9.66. The van der Waals surface area contributed by atoms with Gasteiger partial charge in [-0.15, -0.1) is 10.2 Å². The van der Waals surface area contributed by atoms with Gasteiger partial charge in [-0.05, 0) is 36.6 Å². The van der Waals surface area contributed by atoms with Crippen LogP contribution in [0.4, 0.5) is 0 Å². The summed E-state index contributed by atoms with van der Waals surface area (Å²) >= 11 is 13.1. The minimum Gasteiger partial charge on any atom is -0.461 e. The molecule has 0 bridgehead atoms. The van der Waals surface area contributed by atoms with Gasteiger partial charge in [0.05, 0.1) is 27.6 Å². The van der Waals surface area contributed by atoms with Crippen LogP contribution in [0.5, 0.6) is 0 Å². The molecule has 45 heavy (non-hydrogen) atoms. The number of aromatic nitrogens is 2. The fourth-order valence-corrected chi connectivity index (χ4v) is 6.78. The molecule has 2 aliphatic heterocycles. The molecule has 1 saturated heterocycles. The van der Waals surface area contributed by atoms with Crippen LogP contribution < -0.4 is 5.32 Å². The number of nitrogens with zero attached hydrogens (tertiary/aromatic N) is 4. The second kappa shape index (κ2) is 14.0. The second-order valence-corrected chi connectivity index (χ2v) is 12.0. The summed E-state index contributed by atoms with van der Waals surface area (Å²) in [6, 6.07) is 26.9. The molecule has 1 fully saturated rings. The van der Waals surface area contributed by atoms with E-state index in [1.54, 1.807) is 6.07 Å². The minimum absolute atomic E-state index is 0.195. The largest absolute Gasteiger partial charge is 0.461 e. The molecule has 1 atom stereocenters. The zero-order valence-electron chi connectivity index (χ0n) is 25.2. The van der Waals surface area contributed by atoms with E-state index in [0.29, 0.717) is 44.9 Å². The smallest absolute Gasteiger partial charge is 0.336 e. The molecule has 0 amide bonds. The highest BCUT2D eigenvalue weighted by Gasteiger charge is 2.38. The van der Waals surface area contributed by atoms with E-state index >= 15 is 0 Å². The summed E-state index contributed by atoms with van der Waals surface area (Å²) in [5.41, 5.74) is 5.75. The average molecular weight is 645 g/mol. The van der Waals surface area contributed by atoms with E-state index in [0.717, 1.165) is 31.9 Å². The quantitative estimate of drug-likeness (QED) is 0.201. The average Bonchev–Trinajstić information content (AvgIpc) is 3.58. The summed E-state index contributed by atoms with van der Waals surface area (Å²) < 4.78 is 11.5. The van der Waals surface area contributed by atoms with Crippen molar-refractivity contribution in [1.82, 2.24) is 25.3 Å². The Morgan fingerprint density at radius 1 is 0.933 bits per heavy atom. The number of piperazine rings is 1. The topological polar surface area (TPSA) is 83.7 Å². The standard InChI is InChI=1S/C35H35Cl2N5O3/c1-23-29(34-40-38-22-45-34)31(27-14-9-15-28(36)32(27)37)30(24(2)39-23)35(43)44-21-20-41-16-18-42(19-17-41)33(25-10-5-3-6-11-25)26-12-7-4-8-13-26/h3-15,22,31,33,39H,16-21H2,1-2H3. The van der Waals surface area contributed by atoms with Crippen LogP contribution in [-0.2, 0) is 9.53 Å². The van der Waals surface area contributed by atoms with E-state index in [9.17, 15) is 4.79 Å². The Morgan fingerprint density at radius 3 is 2.22 bits per heavy atom. The van der Waals surface area contributed by atoms with Crippen LogP contribution in [0.15, 0.2) is 107 Å². The van der Waals surface area contributed by atoms with Gasteiger partial charge in [-0.2, -0.15) is 0 Å². The van der Waals surface area contributed by atoms with E-state index < -0.39 is 11.9 Å². The lowest BCUT2D eigenvalue weighted by Gasteiger charge is -2.39. The van der Waals surface area contributed by atoms with Gasteiger partial charge in [-0.1, -0.05) is 96.0 Å². The van der Waals surface area contributed by atoms with Crippen molar-refractivity contribution >= 4 is 34.7 Å². The maximum absolute atomic E-state index is 13.8. The van der Waals surface area contributed by atoms with E-state index in [1.807, 2.05) is 26.0 Å². The highest BCUT2D eigenvalue weighted by Crippen LogP contribution is 2.46. The third-order valence-corrected chi connectivity index (χ3v) is 9.34. The first-order chi connectivity index (χ1) is 21.9. The van der Waals surface area contributed by atoms with Crippen LogP contribution >= 0.6 is 23.2 Å². The van der Waals surface area contributed by atoms with Crippen molar-refractivity contribution in [2.45, 2.75) is 25.8 Å². The molecular formula is C35H35Cl2N5O3. The summed E-state index contributed by atoms with van der Waals surface area (Å²) in [6.45, 7) is 8.20. The van der Waals surface area contributed by atoms with Crippen molar-refractivity contribution in [3.63, 3.8) is 0 Å². The molecule has 8 nitrogen and oxygen atoms in total. The molecule has 1 aromatic heterocycles. The monoisotopic (exact) mass is 643 g/mol. The molecule has 4 aromatic rings. The first kappa shape index (κ1) is 31.0. The number of hydrogen-bond donors (Lipinski definition) is 1. The zero-order chi connectivity index (χ0) is 31.3. The zero-order valence-corrected chi connectivity index (χ0v) is 26.8. The van der Waals surface area contributed by atoms with Gasteiger partial charge in [0.1, 0.15) is 6.61 Å². The number of allylic oxidation sites excluding steroid dienone is 3. The van der Waals surface area contributed by atoms with E-state index in [2.05, 4.69) is 86.0 Å². The molecule has 10 heteroatoms. The Morgan fingerprint density at radius 2 is 1.60 bits per heavy atom. The highest BCUT2D eigenvalue weighted by atomic mass is 35.5.